The number of ether oxygens (including phenoxy) is 1. The maximum atomic E-state index is 7.29. The van der Waals surface area contributed by atoms with Gasteiger partial charge in [-0.25, -0.2) is 0 Å². The third-order valence-electron chi connectivity index (χ3n) is 8.56. The Balaban J connectivity index is 1.59. The number of aryl methyl sites for hydroxylation is 1. The summed E-state index contributed by atoms with van der Waals surface area (Å²) >= 11 is 0. The third-order valence-corrected chi connectivity index (χ3v) is 8.56. The number of hydrogen-bond donors (Lipinski definition) is 1. The van der Waals surface area contributed by atoms with Crippen LogP contribution in [0.5, 0.6) is 5.75 Å². The second-order valence-electron chi connectivity index (χ2n) is 11.5. The van der Waals surface area contributed by atoms with Gasteiger partial charge in [-0.15, -0.1) is 0 Å². The van der Waals surface area contributed by atoms with E-state index < -0.39 is 0 Å². The molecule has 2 heterocycles. The first kappa shape index (κ1) is 26.2. The molecule has 0 spiro atoms. The molecule has 0 unspecified atom stereocenters. The van der Waals surface area contributed by atoms with E-state index in [0.717, 1.165) is 75.6 Å². The van der Waals surface area contributed by atoms with Crippen molar-refractivity contribution >= 4 is 27.9 Å². The standard InChI is InChI=1S/C41H32N2O/c1-27-25-32-34(28-15-6-2-7-16-28)36(30-19-10-4-11-20-30)38(41-42-23-14-24-43-41)40-37(32)33(26-27)35(29-17-8-3-9-18-29)39(44-40)31-21-12-5-13-22-31/h2-13,15-22,25-26H,14,23-24H2,1H3,(H,42,43). The molecule has 3 nitrogen and oxygen atoms in total. The number of rotatable bonds is 5. The van der Waals surface area contributed by atoms with E-state index in [-0.39, 0.29) is 0 Å². The van der Waals surface area contributed by atoms with Gasteiger partial charge in [0.2, 0.25) is 0 Å². The van der Waals surface area contributed by atoms with Crippen LogP contribution in [0.25, 0.3) is 44.4 Å². The minimum absolute atomic E-state index is 0.784. The van der Waals surface area contributed by atoms with E-state index in [4.69, 9.17) is 9.73 Å². The zero-order valence-corrected chi connectivity index (χ0v) is 24.7. The van der Waals surface area contributed by atoms with Crippen LogP contribution in [0, 0.1) is 6.92 Å². The Morgan fingerprint density at radius 1 is 0.614 bits per heavy atom. The van der Waals surface area contributed by atoms with Crippen molar-refractivity contribution in [3.05, 3.63) is 161 Å². The Kier molecular flexibility index (Phi) is 6.57. The van der Waals surface area contributed by atoms with E-state index in [1.54, 1.807) is 0 Å². The minimum Gasteiger partial charge on any atom is -0.455 e. The molecule has 2 aliphatic rings. The monoisotopic (exact) mass is 568 g/mol. The van der Waals surface area contributed by atoms with Crippen LogP contribution in [0.4, 0.5) is 0 Å². The molecule has 0 aliphatic carbocycles. The van der Waals surface area contributed by atoms with Gasteiger partial charge in [0.1, 0.15) is 17.3 Å². The van der Waals surface area contributed by atoms with Crippen LogP contribution in [-0.2, 0) is 0 Å². The zero-order valence-electron chi connectivity index (χ0n) is 24.7. The SMILES string of the molecule is Cc1cc2c3c(c(C4=NCCCN4)c(-c4ccccc4)c(-c4ccccc4)c3c1)OC(c1ccccc1)=C2c1ccccc1. The van der Waals surface area contributed by atoms with Crippen LogP contribution in [-0.4, -0.2) is 18.9 Å². The predicted octanol–water partition coefficient (Wildman–Crippen LogP) is 9.53. The van der Waals surface area contributed by atoms with Crippen molar-refractivity contribution in [3.63, 3.8) is 0 Å². The smallest absolute Gasteiger partial charge is 0.147 e. The fourth-order valence-electron chi connectivity index (χ4n) is 6.71. The molecule has 0 saturated carbocycles. The summed E-state index contributed by atoms with van der Waals surface area (Å²) in [7, 11) is 0. The van der Waals surface area contributed by atoms with Crippen molar-refractivity contribution in [3.8, 4) is 28.0 Å². The van der Waals surface area contributed by atoms with Gasteiger partial charge in [-0.3, -0.25) is 4.99 Å². The van der Waals surface area contributed by atoms with Gasteiger partial charge in [-0.2, -0.15) is 0 Å². The van der Waals surface area contributed by atoms with Gasteiger partial charge in [0.15, 0.2) is 0 Å². The molecule has 0 radical (unpaired) electrons. The summed E-state index contributed by atoms with van der Waals surface area (Å²) in [6.07, 6.45) is 1.01. The first-order chi connectivity index (χ1) is 21.8. The number of amidine groups is 1. The van der Waals surface area contributed by atoms with Gasteiger partial charge in [-0.05, 0) is 52.1 Å². The molecule has 0 bridgehead atoms. The van der Waals surface area contributed by atoms with E-state index in [1.807, 2.05) is 0 Å². The predicted molar refractivity (Wildman–Crippen MR) is 183 cm³/mol. The van der Waals surface area contributed by atoms with Gasteiger partial charge in [0.25, 0.3) is 0 Å². The fourth-order valence-corrected chi connectivity index (χ4v) is 6.71. The summed E-state index contributed by atoms with van der Waals surface area (Å²) in [4.78, 5) is 5.09. The first-order valence-electron chi connectivity index (χ1n) is 15.3. The molecule has 6 aromatic rings. The maximum absolute atomic E-state index is 7.29. The van der Waals surface area contributed by atoms with Gasteiger partial charge in [-0.1, -0.05) is 133 Å². The summed E-state index contributed by atoms with van der Waals surface area (Å²) in [6, 6.07) is 47.3. The fraction of sp³-hybridized carbons (Fsp3) is 0.0976. The molecule has 44 heavy (non-hydrogen) atoms. The van der Waals surface area contributed by atoms with Gasteiger partial charge in [0, 0.05) is 35.2 Å². The minimum atomic E-state index is 0.784. The molecule has 3 heteroatoms. The highest BCUT2D eigenvalue weighted by molar-refractivity contribution is 6.23. The third kappa shape index (κ3) is 4.40. The molecule has 2 aliphatic heterocycles. The highest BCUT2D eigenvalue weighted by Gasteiger charge is 2.33. The van der Waals surface area contributed by atoms with Crippen LogP contribution in [0.1, 0.15) is 34.2 Å². The summed E-state index contributed by atoms with van der Waals surface area (Å²) in [6.45, 7) is 3.86. The average Bonchev–Trinajstić information content (AvgIpc) is 3.09. The lowest BCUT2D eigenvalue weighted by Crippen LogP contribution is -2.31. The number of benzene rings is 6. The number of aliphatic imine (C=N–C) groups is 1. The summed E-state index contributed by atoms with van der Waals surface area (Å²) in [5, 5.41) is 5.97. The molecule has 0 amide bonds. The largest absolute Gasteiger partial charge is 0.455 e. The molecule has 1 N–H and O–H groups in total. The first-order valence-corrected chi connectivity index (χ1v) is 15.3. The van der Waals surface area contributed by atoms with Crippen LogP contribution in [0.15, 0.2) is 138 Å². The zero-order chi connectivity index (χ0) is 29.5. The quantitative estimate of drug-likeness (QED) is 0.225. The second kappa shape index (κ2) is 11.0. The summed E-state index contributed by atoms with van der Waals surface area (Å²) in [5.41, 5.74) is 11.3. The maximum Gasteiger partial charge on any atom is 0.147 e. The molecule has 0 saturated heterocycles. The average molecular weight is 569 g/mol. The highest BCUT2D eigenvalue weighted by Crippen LogP contribution is 2.53. The molecule has 0 aromatic heterocycles. The molecular weight excluding hydrogens is 536 g/mol. The van der Waals surface area contributed by atoms with E-state index in [0.29, 0.717) is 0 Å². The van der Waals surface area contributed by atoms with Gasteiger partial charge >= 0.3 is 0 Å². The van der Waals surface area contributed by atoms with Crippen LogP contribution in [0.2, 0.25) is 0 Å². The molecule has 0 atom stereocenters. The number of hydrogen-bond acceptors (Lipinski definition) is 3. The van der Waals surface area contributed by atoms with Gasteiger partial charge < -0.3 is 10.1 Å². The molecule has 0 fully saturated rings. The summed E-state index contributed by atoms with van der Waals surface area (Å²) in [5.74, 6) is 2.62. The topological polar surface area (TPSA) is 33.6 Å². The Hall–Kier alpha value is -5.41. The van der Waals surface area contributed by atoms with E-state index in [1.165, 1.54) is 27.6 Å². The Morgan fingerprint density at radius 3 is 1.77 bits per heavy atom. The van der Waals surface area contributed by atoms with E-state index in [9.17, 15) is 0 Å². The molecule has 6 aromatic carbocycles. The number of nitrogens with one attached hydrogen (secondary N) is 1. The molecular formula is C41H32N2O. The molecule has 212 valence electrons. The van der Waals surface area contributed by atoms with Crippen molar-refractivity contribution in [2.45, 2.75) is 13.3 Å². The van der Waals surface area contributed by atoms with E-state index in [2.05, 4.69) is 146 Å². The van der Waals surface area contributed by atoms with E-state index >= 15 is 0 Å². The molecule has 8 rings (SSSR count). The second-order valence-corrected chi connectivity index (χ2v) is 11.5. The van der Waals surface area contributed by atoms with Crippen LogP contribution < -0.4 is 10.1 Å². The van der Waals surface area contributed by atoms with Crippen LogP contribution >= 0.6 is 0 Å². The normalized spacial score (nSPS) is 14.2. The lowest BCUT2D eigenvalue weighted by atomic mass is 9.80. The Morgan fingerprint density at radius 2 is 1.18 bits per heavy atom. The van der Waals surface area contributed by atoms with Crippen molar-refractivity contribution in [2.75, 3.05) is 13.1 Å². The van der Waals surface area contributed by atoms with Crippen molar-refractivity contribution in [1.82, 2.24) is 5.32 Å². The van der Waals surface area contributed by atoms with Crippen molar-refractivity contribution in [1.29, 1.82) is 0 Å². The Labute approximate surface area is 258 Å². The lowest BCUT2D eigenvalue weighted by Gasteiger charge is -2.31. The lowest BCUT2D eigenvalue weighted by molar-refractivity contribution is 0.518. The van der Waals surface area contributed by atoms with Crippen molar-refractivity contribution < 1.29 is 4.74 Å². The Bertz CT molecular complexity index is 2060. The van der Waals surface area contributed by atoms with Crippen molar-refractivity contribution in [2.24, 2.45) is 4.99 Å². The van der Waals surface area contributed by atoms with Gasteiger partial charge in [0.05, 0.1) is 5.56 Å². The summed E-state index contributed by atoms with van der Waals surface area (Å²) < 4.78 is 7.29. The number of nitrogens with zero attached hydrogens (tertiary/aromatic N) is 1. The highest BCUT2D eigenvalue weighted by atomic mass is 16.5. The van der Waals surface area contributed by atoms with Crippen LogP contribution in [0.3, 0.4) is 0 Å².